The fourth-order valence-electron chi connectivity index (χ4n) is 3.19. The van der Waals surface area contributed by atoms with Gasteiger partial charge in [0.15, 0.2) is 0 Å². The SMILES string of the molecule is C[C@]1(NC(=O)CCc2ccccn2)CCc2ccccc2C1. The molecule has 1 aromatic heterocycles. The van der Waals surface area contributed by atoms with Gasteiger partial charge in [0.1, 0.15) is 0 Å². The highest BCUT2D eigenvalue weighted by Crippen LogP contribution is 2.28. The van der Waals surface area contributed by atoms with E-state index in [2.05, 4.69) is 41.5 Å². The van der Waals surface area contributed by atoms with Gasteiger partial charge < -0.3 is 5.32 Å². The third-order valence-electron chi connectivity index (χ3n) is 4.42. The smallest absolute Gasteiger partial charge is 0.220 e. The van der Waals surface area contributed by atoms with E-state index in [1.807, 2.05) is 18.2 Å². The first kappa shape index (κ1) is 14.8. The second-order valence-corrected chi connectivity index (χ2v) is 6.38. The van der Waals surface area contributed by atoms with Crippen LogP contribution in [0.15, 0.2) is 48.7 Å². The minimum absolute atomic E-state index is 0.118. The van der Waals surface area contributed by atoms with E-state index < -0.39 is 0 Å². The Morgan fingerprint density at radius 3 is 2.73 bits per heavy atom. The number of hydrogen-bond acceptors (Lipinski definition) is 2. The van der Waals surface area contributed by atoms with Gasteiger partial charge in [0.2, 0.25) is 5.91 Å². The number of carbonyl (C=O) groups excluding carboxylic acids is 1. The summed E-state index contributed by atoms with van der Waals surface area (Å²) in [5.74, 6) is 0.118. The minimum atomic E-state index is -0.129. The van der Waals surface area contributed by atoms with Gasteiger partial charge in [-0.1, -0.05) is 30.3 Å². The predicted octanol–water partition coefficient (Wildman–Crippen LogP) is 3.08. The molecule has 1 atom stereocenters. The number of aryl methyl sites for hydroxylation is 2. The number of carbonyl (C=O) groups is 1. The highest BCUT2D eigenvalue weighted by molar-refractivity contribution is 5.77. The molecule has 0 radical (unpaired) electrons. The molecule has 0 aliphatic heterocycles. The van der Waals surface area contributed by atoms with Crippen LogP contribution >= 0.6 is 0 Å². The van der Waals surface area contributed by atoms with E-state index in [1.54, 1.807) is 6.20 Å². The Hall–Kier alpha value is -2.16. The molecule has 22 heavy (non-hydrogen) atoms. The molecule has 114 valence electrons. The Morgan fingerprint density at radius 1 is 1.18 bits per heavy atom. The van der Waals surface area contributed by atoms with Crippen LogP contribution in [0.4, 0.5) is 0 Å². The molecular formula is C19H22N2O. The number of nitrogens with zero attached hydrogens (tertiary/aromatic N) is 1. The molecule has 3 rings (SSSR count). The van der Waals surface area contributed by atoms with Gasteiger partial charge in [-0.25, -0.2) is 0 Å². The molecule has 0 saturated carbocycles. The summed E-state index contributed by atoms with van der Waals surface area (Å²) >= 11 is 0. The summed E-state index contributed by atoms with van der Waals surface area (Å²) in [4.78, 5) is 16.5. The molecule has 1 aliphatic rings. The van der Waals surface area contributed by atoms with E-state index in [4.69, 9.17) is 0 Å². The third kappa shape index (κ3) is 3.53. The van der Waals surface area contributed by atoms with Crippen LogP contribution in [0.2, 0.25) is 0 Å². The van der Waals surface area contributed by atoms with Gasteiger partial charge in [-0.05, 0) is 55.9 Å². The molecule has 3 nitrogen and oxygen atoms in total. The topological polar surface area (TPSA) is 42.0 Å². The number of rotatable bonds is 4. The van der Waals surface area contributed by atoms with Gasteiger partial charge in [0.05, 0.1) is 0 Å². The number of benzene rings is 1. The summed E-state index contributed by atoms with van der Waals surface area (Å²) < 4.78 is 0. The lowest BCUT2D eigenvalue weighted by Crippen LogP contribution is -2.49. The highest BCUT2D eigenvalue weighted by Gasteiger charge is 2.30. The van der Waals surface area contributed by atoms with Crippen LogP contribution in [0.25, 0.3) is 0 Å². The summed E-state index contributed by atoms with van der Waals surface area (Å²) in [6, 6.07) is 14.3. The molecule has 0 spiro atoms. The lowest BCUT2D eigenvalue weighted by molar-refractivity contribution is -0.123. The first-order valence-electron chi connectivity index (χ1n) is 7.92. The van der Waals surface area contributed by atoms with Crippen LogP contribution in [-0.2, 0) is 24.1 Å². The Morgan fingerprint density at radius 2 is 1.95 bits per heavy atom. The third-order valence-corrected chi connectivity index (χ3v) is 4.42. The summed E-state index contributed by atoms with van der Waals surface area (Å²) in [6.45, 7) is 2.15. The van der Waals surface area contributed by atoms with Crippen molar-refractivity contribution in [3.63, 3.8) is 0 Å². The van der Waals surface area contributed by atoms with Crippen LogP contribution in [0.1, 0.15) is 36.6 Å². The van der Waals surface area contributed by atoms with Crippen LogP contribution < -0.4 is 5.32 Å². The maximum absolute atomic E-state index is 12.3. The van der Waals surface area contributed by atoms with Crippen molar-refractivity contribution in [2.24, 2.45) is 0 Å². The second-order valence-electron chi connectivity index (χ2n) is 6.38. The highest BCUT2D eigenvalue weighted by atomic mass is 16.1. The van der Waals surface area contributed by atoms with E-state index in [0.717, 1.165) is 25.0 Å². The number of amides is 1. The van der Waals surface area contributed by atoms with Crippen molar-refractivity contribution in [2.75, 3.05) is 0 Å². The quantitative estimate of drug-likeness (QED) is 0.941. The molecule has 2 aromatic rings. The minimum Gasteiger partial charge on any atom is -0.351 e. The van der Waals surface area contributed by atoms with E-state index in [0.29, 0.717) is 12.8 Å². The Balaban J connectivity index is 1.57. The first-order chi connectivity index (χ1) is 10.6. The van der Waals surface area contributed by atoms with Crippen LogP contribution in [-0.4, -0.2) is 16.4 Å². The summed E-state index contributed by atoms with van der Waals surface area (Å²) in [7, 11) is 0. The molecule has 0 fully saturated rings. The van der Waals surface area contributed by atoms with Gasteiger partial charge >= 0.3 is 0 Å². The molecule has 1 aromatic carbocycles. The molecule has 3 heteroatoms. The lowest BCUT2D eigenvalue weighted by atomic mass is 9.79. The van der Waals surface area contributed by atoms with Crippen molar-refractivity contribution in [3.05, 3.63) is 65.5 Å². The number of pyridine rings is 1. The van der Waals surface area contributed by atoms with E-state index in [1.165, 1.54) is 11.1 Å². The average molecular weight is 294 g/mol. The van der Waals surface area contributed by atoms with Crippen molar-refractivity contribution < 1.29 is 4.79 Å². The van der Waals surface area contributed by atoms with Crippen molar-refractivity contribution in [1.29, 1.82) is 0 Å². The number of nitrogens with one attached hydrogen (secondary N) is 1. The van der Waals surface area contributed by atoms with Gasteiger partial charge in [-0.2, -0.15) is 0 Å². The molecule has 0 saturated heterocycles. The molecular weight excluding hydrogens is 272 g/mol. The maximum atomic E-state index is 12.3. The number of fused-ring (bicyclic) bond motifs is 1. The standard InChI is InChI=1S/C19H22N2O/c1-19(12-11-15-6-2-3-7-16(15)14-19)21-18(22)10-9-17-8-4-5-13-20-17/h2-8,13H,9-12,14H2,1H3,(H,21,22)/t19-/m0/s1. The van der Waals surface area contributed by atoms with Gasteiger partial charge in [-0.3, -0.25) is 9.78 Å². The predicted molar refractivity (Wildman–Crippen MR) is 87.6 cm³/mol. The summed E-state index contributed by atoms with van der Waals surface area (Å²) in [6.07, 6.45) is 5.91. The monoisotopic (exact) mass is 294 g/mol. The normalized spacial score (nSPS) is 20.2. The van der Waals surface area contributed by atoms with Crippen molar-refractivity contribution in [1.82, 2.24) is 10.3 Å². The Bertz CT molecular complexity index is 653. The summed E-state index contributed by atoms with van der Waals surface area (Å²) in [5.41, 5.74) is 3.62. The van der Waals surface area contributed by atoms with Crippen LogP contribution in [0.3, 0.4) is 0 Å². The maximum Gasteiger partial charge on any atom is 0.220 e. The summed E-state index contributed by atoms with van der Waals surface area (Å²) in [5, 5.41) is 3.24. The average Bonchev–Trinajstić information content (AvgIpc) is 2.53. The molecule has 1 aliphatic carbocycles. The molecule has 0 unspecified atom stereocenters. The fourth-order valence-corrected chi connectivity index (χ4v) is 3.19. The fraction of sp³-hybridized carbons (Fsp3) is 0.368. The van der Waals surface area contributed by atoms with Crippen LogP contribution in [0.5, 0.6) is 0 Å². The molecule has 1 amide bonds. The van der Waals surface area contributed by atoms with Gasteiger partial charge in [0, 0.05) is 23.9 Å². The van der Waals surface area contributed by atoms with E-state index in [9.17, 15) is 4.79 Å². The number of aromatic nitrogens is 1. The van der Waals surface area contributed by atoms with Crippen molar-refractivity contribution in [2.45, 2.75) is 44.6 Å². The van der Waals surface area contributed by atoms with Gasteiger partial charge in [-0.15, -0.1) is 0 Å². The van der Waals surface area contributed by atoms with Crippen molar-refractivity contribution >= 4 is 5.91 Å². The number of hydrogen-bond donors (Lipinski definition) is 1. The molecule has 1 N–H and O–H groups in total. The second kappa shape index (κ2) is 6.30. The largest absolute Gasteiger partial charge is 0.351 e. The van der Waals surface area contributed by atoms with E-state index in [-0.39, 0.29) is 11.4 Å². The van der Waals surface area contributed by atoms with Crippen LogP contribution in [0, 0.1) is 0 Å². The zero-order chi connectivity index (χ0) is 15.4. The first-order valence-corrected chi connectivity index (χ1v) is 7.92. The molecule has 1 heterocycles. The van der Waals surface area contributed by atoms with E-state index >= 15 is 0 Å². The zero-order valence-electron chi connectivity index (χ0n) is 13.0. The lowest BCUT2D eigenvalue weighted by Gasteiger charge is -2.36. The zero-order valence-corrected chi connectivity index (χ0v) is 13.0. The Labute approximate surface area is 131 Å². The van der Waals surface area contributed by atoms with Crippen molar-refractivity contribution in [3.8, 4) is 0 Å². The molecule has 0 bridgehead atoms. The van der Waals surface area contributed by atoms with Gasteiger partial charge in [0.25, 0.3) is 0 Å². The Kier molecular flexibility index (Phi) is 4.23.